The summed E-state index contributed by atoms with van der Waals surface area (Å²) >= 11 is 0. The van der Waals surface area contributed by atoms with Crippen LogP contribution in [0.15, 0.2) is 27.4 Å². The van der Waals surface area contributed by atoms with Crippen molar-refractivity contribution in [2.75, 3.05) is 13.1 Å². The Balaban J connectivity index is 1.87. The fraction of sp³-hybridized carbons (Fsp3) is 0.385. The Morgan fingerprint density at radius 2 is 2.22 bits per heavy atom. The fourth-order valence-electron chi connectivity index (χ4n) is 1.77. The van der Waals surface area contributed by atoms with Gasteiger partial charge in [0, 0.05) is 13.0 Å². The second-order valence-corrected chi connectivity index (χ2v) is 4.30. The molecule has 5 heteroatoms. The number of H-pyrrole nitrogens is 1. The molecule has 0 aliphatic carbocycles. The quantitative estimate of drug-likeness (QED) is 0.754. The van der Waals surface area contributed by atoms with E-state index in [2.05, 4.69) is 10.3 Å². The van der Waals surface area contributed by atoms with Gasteiger partial charge in [0.25, 0.3) is 0 Å². The summed E-state index contributed by atoms with van der Waals surface area (Å²) in [6.07, 6.45) is 1.40. The highest BCUT2D eigenvalue weighted by molar-refractivity contribution is 5.75. The third-order valence-corrected chi connectivity index (χ3v) is 2.73. The molecule has 0 unspecified atom stereocenters. The van der Waals surface area contributed by atoms with Crippen LogP contribution >= 0.6 is 0 Å². The Morgan fingerprint density at radius 1 is 1.39 bits per heavy atom. The van der Waals surface area contributed by atoms with Gasteiger partial charge in [-0.3, -0.25) is 9.78 Å². The number of benzene rings is 1. The van der Waals surface area contributed by atoms with Gasteiger partial charge in [-0.2, -0.15) is 0 Å². The first-order valence-corrected chi connectivity index (χ1v) is 5.97. The number of Topliss-reactive ketones (excluding diaryl/α,β-unsaturated/α-hetero) is 1. The van der Waals surface area contributed by atoms with Gasteiger partial charge in [-0.05, 0) is 37.6 Å². The molecule has 1 heterocycles. The van der Waals surface area contributed by atoms with Crippen molar-refractivity contribution in [3.05, 3.63) is 34.3 Å². The number of nitrogens with one attached hydrogen (secondary N) is 2. The van der Waals surface area contributed by atoms with Crippen LogP contribution < -0.4 is 11.1 Å². The Labute approximate surface area is 104 Å². The first-order chi connectivity index (χ1) is 8.65. The first-order valence-electron chi connectivity index (χ1n) is 5.97. The lowest BCUT2D eigenvalue weighted by atomic mass is 10.1. The molecule has 0 saturated heterocycles. The third kappa shape index (κ3) is 3.30. The van der Waals surface area contributed by atoms with Crippen LogP contribution in [0, 0.1) is 0 Å². The molecule has 0 fully saturated rings. The highest BCUT2D eigenvalue weighted by Crippen LogP contribution is 2.12. The summed E-state index contributed by atoms with van der Waals surface area (Å²) in [5.74, 6) is -0.236. The molecular formula is C13H16N2O3. The average molecular weight is 248 g/mol. The van der Waals surface area contributed by atoms with E-state index < -0.39 is 5.76 Å². The molecule has 2 rings (SSSR count). The lowest BCUT2D eigenvalue weighted by molar-refractivity contribution is -0.116. The molecule has 96 valence electrons. The molecule has 0 amide bonds. The molecule has 1 aromatic heterocycles. The van der Waals surface area contributed by atoms with Crippen molar-refractivity contribution in [1.82, 2.24) is 10.3 Å². The third-order valence-electron chi connectivity index (χ3n) is 2.73. The molecule has 0 spiro atoms. The van der Waals surface area contributed by atoms with Crippen molar-refractivity contribution in [2.45, 2.75) is 19.8 Å². The van der Waals surface area contributed by atoms with E-state index in [4.69, 9.17) is 4.42 Å². The van der Waals surface area contributed by atoms with Gasteiger partial charge in [-0.25, -0.2) is 4.79 Å². The SMILES string of the molecule is CC(=O)CCNCCc1ccc2[nH]c(=O)oc2c1. The summed E-state index contributed by atoms with van der Waals surface area (Å²) in [6.45, 7) is 3.09. The number of oxazole rings is 1. The zero-order valence-corrected chi connectivity index (χ0v) is 10.3. The normalized spacial score (nSPS) is 10.9. The molecule has 5 nitrogen and oxygen atoms in total. The Bertz CT molecular complexity index is 598. The summed E-state index contributed by atoms with van der Waals surface area (Å²) in [7, 11) is 0. The predicted octanol–water partition coefficient (Wildman–Crippen LogP) is 1.23. The van der Waals surface area contributed by atoms with Crippen molar-refractivity contribution >= 4 is 16.9 Å². The second-order valence-electron chi connectivity index (χ2n) is 4.30. The minimum Gasteiger partial charge on any atom is -0.408 e. The number of aromatic nitrogens is 1. The molecule has 0 radical (unpaired) electrons. The molecule has 2 N–H and O–H groups in total. The molecular weight excluding hydrogens is 232 g/mol. The monoisotopic (exact) mass is 248 g/mol. The van der Waals surface area contributed by atoms with Crippen LogP contribution in [-0.4, -0.2) is 23.9 Å². The summed E-state index contributed by atoms with van der Waals surface area (Å²) in [5.41, 5.74) is 2.40. The van der Waals surface area contributed by atoms with Gasteiger partial charge >= 0.3 is 5.76 Å². The van der Waals surface area contributed by atoms with Crippen LogP contribution in [0.3, 0.4) is 0 Å². The van der Waals surface area contributed by atoms with E-state index in [-0.39, 0.29) is 5.78 Å². The van der Waals surface area contributed by atoms with E-state index in [0.717, 1.165) is 18.5 Å². The number of fused-ring (bicyclic) bond motifs is 1. The second kappa shape index (κ2) is 5.64. The average Bonchev–Trinajstić information content (AvgIpc) is 2.67. The largest absolute Gasteiger partial charge is 0.417 e. The van der Waals surface area contributed by atoms with Gasteiger partial charge in [0.2, 0.25) is 0 Å². The van der Waals surface area contributed by atoms with Gasteiger partial charge in [-0.1, -0.05) is 6.07 Å². The number of rotatable bonds is 6. The van der Waals surface area contributed by atoms with Gasteiger partial charge in [0.15, 0.2) is 5.58 Å². The van der Waals surface area contributed by atoms with E-state index >= 15 is 0 Å². The summed E-state index contributed by atoms with van der Waals surface area (Å²) < 4.78 is 4.99. The van der Waals surface area contributed by atoms with Gasteiger partial charge in [0.05, 0.1) is 5.52 Å². The Kier molecular flexibility index (Phi) is 3.94. The molecule has 2 aromatic rings. The maximum atomic E-state index is 11.0. The minimum absolute atomic E-state index is 0.193. The Morgan fingerprint density at radius 3 is 3.00 bits per heavy atom. The van der Waals surface area contributed by atoms with E-state index in [1.165, 1.54) is 0 Å². The van der Waals surface area contributed by atoms with Crippen molar-refractivity contribution in [3.63, 3.8) is 0 Å². The fourth-order valence-corrected chi connectivity index (χ4v) is 1.77. The summed E-state index contributed by atoms with van der Waals surface area (Å²) in [6, 6.07) is 5.66. The first kappa shape index (κ1) is 12.6. The molecule has 18 heavy (non-hydrogen) atoms. The van der Waals surface area contributed by atoms with Crippen LogP contribution in [0.5, 0.6) is 0 Å². The van der Waals surface area contributed by atoms with Gasteiger partial charge < -0.3 is 9.73 Å². The molecule has 1 aromatic carbocycles. The molecule has 0 aliphatic rings. The Hall–Kier alpha value is -1.88. The topological polar surface area (TPSA) is 75.1 Å². The van der Waals surface area contributed by atoms with Gasteiger partial charge in [-0.15, -0.1) is 0 Å². The molecule has 0 saturated carbocycles. The predicted molar refractivity (Wildman–Crippen MR) is 68.7 cm³/mol. The minimum atomic E-state index is -0.429. The van der Waals surface area contributed by atoms with Crippen LogP contribution in [-0.2, 0) is 11.2 Å². The van der Waals surface area contributed by atoms with Crippen LogP contribution in [0.4, 0.5) is 0 Å². The van der Waals surface area contributed by atoms with E-state index in [1.807, 2.05) is 18.2 Å². The lowest BCUT2D eigenvalue weighted by Crippen LogP contribution is -2.20. The van der Waals surface area contributed by atoms with Crippen molar-refractivity contribution in [2.24, 2.45) is 0 Å². The van der Waals surface area contributed by atoms with Crippen molar-refractivity contribution in [1.29, 1.82) is 0 Å². The van der Waals surface area contributed by atoms with Crippen molar-refractivity contribution < 1.29 is 9.21 Å². The lowest BCUT2D eigenvalue weighted by Gasteiger charge is -2.03. The maximum Gasteiger partial charge on any atom is 0.417 e. The van der Waals surface area contributed by atoms with Gasteiger partial charge in [0.1, 0.15) is 5.78 Å². The number of hydrogen-bond donors (Lipinski definition) is 2. The van der Waals surface area contributed by atoms with E-state index in [0.29, 0.717) is 24.1 Å². The number of aromatic amines is 1. The molecule has 0 bridgehead atoms. The highest BCUT2D eigenvalue weighted by Gasteiger charge is 2.02. The van der Waals surface area contributed by atoms with E-state index in [1.54, 1.807) is 6.92 Å². The zero-order chi connectivity index (χ0) is 13.0. The number of carbonyl (C=O) groups is 1. The zero-order valence-electron chi connectivity index (χ0n) is 10.3. The van der Waals surface area contributed by atoms with Crippen LogP contribution in [0.1, 0.15) is 18.9 Å². The summed E-state index contributed by atoms with van der Waals surface area (Å²) in [5, 5.41) is 3.20. The number of ketones is 1. The van der Waals surface area contributed by atoms with Crippen LogP contribution in [0.25, 0.3) is 11.1 Å². The smallest absolute Gasteiger partial charge is 0.408 e. The van der Waals surface area contributed by atoms with E-state index in [9.17, 15) is 9.59 Å². The molecule has 0 aliphatic heterocycles. The van der Waals surface area contributed by atoms with Crippen LogP contribution in [0.2, 0.25) is 0 Å². The molecule has 0 atom stereocenters. The number of carbonyl (C=O) groups excluding carboxylic acids is 1. The highest BCUT2D eigenvalue weighted by atomic mass is 16.4. The maximum absolute atomic E-state index is 11.0. The standard InChI is InChI=1S/C13H16N2O3/c1-9(16)4-6-14-7-5-10-2-3-11-12(8-10)18-13(17)15-11/h2-3,8,14H,4-7H2,1H3,(H,15,17). The summed E-state index contributed by atoms with van der Waals surface area (Å²) in [4.78, 5) is 24.3. The number of hydrogen-bond acceptors (Lipinski definition) is 4. The van der Waals surface area contributed by atoms with Crippen molar-refractivity contribution in [3.8, 4) is 0 Å².